The first-order valence-corrected chi connectivity index (χ1v) is 12.4. The molecule has 15 nitrogen and oxygen atoms in total. The fourth-order valence-electron chi connectivity index (χ4n) is 4.38. The summed E-state index contributed by atoms with van der Waals surface area (Å²) in [6.07, 6.45) is -2.59. The van der Waals surface area contributed by atoms with Gasteiger partial charge >= 0.3 is 6.09 Å². The van der Waals surface area contributed by atoms with Gasteiger partial charge in [-0.05, 0) is 25.1 Å². The third kappa shape index (κ3) is 5.47. The summed E-state index contributed by atoms with van der Waals surface area (Å²) in [4.78, 5) is 36.5. The van der Waals surface area contributed by atoms with E-state index in [0.717, 1.165) is 11.3 Å². The van der Waals surface area contributed by atoms with Crippen LogP contribution in [0.3, 0.4) is 0 Å². The molecule has 5 rings (SSSR count). The Morgan fingerprint density at radius 1 is 1.23 bits per heavy atom. The first-order chi connectivity index (χ1) is 19.2. The molecule has 1 aromatic carbocycles. The highest BCUT2D eigenvalue weighted by Crippen LogP contribution is 2.33. The highest BCUT2D eigenvalue weighted by atomic mass is 35.5. The Morgan fingerprint density at radius 2 is 2.05 bits per heavy atom. The maximum Gasteiger partial charge on any atom is 0.405 e. The second-order valence-corrected chi connectivity index (χ2v) is 9.34. The Labute approximate surface area is 231 Å². The van der Waals surface area contributed by atoms with Crippen molar-refractivity contribution in [1.29, 1.82) is 0 Å². The number of nitrogens with zero attached hydrogens (tertiary/aromatic N) is 5. The van der Waals surface area contributed by atoms with Gasteiger partial charge in [0.1, 0.15) is 24.8 Å². The number of benzene rings is 1. The Kier molecular flexibility index (Phi) is 7.68. The maximum atomic E-state index is 12.3. The molecule has 4 aromatic rings. The van der Waals surface area contributed by atoms with Crippen molar-refractivity contribution in [3.63, 3.8) is 0 Å². The number of imidazole rings is 1. The van der Waals surface area contributed by atoms with E-state index in [2.05, 4.69) is 36.1 Å². The number of hydrogen-bond donors (Lipinski definition) is 5. The molecule has 40 heavy (non-hydrogen) atoms. The fraction of sp³-hybridized carbons (Fsp3) is 0.333. The van der Waals surface area contributed by atoms with Crippen LogP contribution in [0.1, 0.15) is 23.2 Å². The summed E-state index contributed by atoms with van der Waals surface area (Å²) in [5, 5.41) is 32.2. The Bertz CT molecular complexity index is 1540. The minimum atomic E-state index is -1.42. The summed E-state index contributed by atoms with van der Waals surface area (Å²) in [6, 6.07) is 5.77. The normalized spacial score (nSPS) is 20.4. The smallest absolute Gasteiger partial charge is 0.405 e. The predicted molar refractivity (Wildman–Crippen MR) is 139 cm³/mol. The monoisotopic (exact) mass is 572 g/mol. The first kappa shape index (κ1) is 27.1. The van der Waals surface area contributed by atoms with Crippen molar-refractivity contribution >= 4 is 40.6 Å². The average Bonchev–Trinajstić information content (AvgIpc) is 3.63. The number of anilines is 1. The molecule has 0 bridgehead atoms. The van der Waals surface area contributed by atoms with E-state index in [9.17, 15) is 19.8 Å². The highest BCUT2D eigenvalue weighted by molar-refractivity contribution is 6.30. The van der Waals surface area contributed by atoms with Gasteiger partial charge in [0.05, 0.1) is 18.1 Å². The van der Waals surface area contributed by atoms with Crippen molar-refractivity contribution in [2.45, 2.75) is 44.6 Å². The van der Waals surface area contributed by atoms with Crippen molar-refractivity contribution in [3.05, 3.63) is 59.0 Å². The third-order valence-electron chi connectivity index (χ3n) is 6.22. The standard InChI is InChI=1S/C24H25ClN8O7/c1-11-5-14(40-32-11)8-38-15-4-3-13(25)6-12(15)7-27-20-17-21(29-9-28-20)33(10-30-17)23-18(34)16(31-24(36)37)19(39-23)22(35)26-2/h3-6,9-10,16,18-19,23,31,34H,7-8H2,1-2H3,(H,26,35)(H,36,37)(H,27,28,29). The molecule has 210 valence electrons. The zero-order chi connectivity index (χ0) is 28.4. The molecule has 1 aliphatic heterocycles. The first-order valence-electron chi connectivity index (χ1n) is 12.0. The van der Waals surface area contributed by atoms with Crippen LogP contribution in [0, 0.1) is 6.92 Å². The van der Waals surface area contributed by atoms with E-state index in [1.807, 2.05) is 6.92 Å². The predicted octanol–water partition coefficient (Wildman–Crippen LogP) is 1.61. The molecule has 0 spiro atoms. The van der Waals surface area contributed by atoms with Crippen LogP contribution in [0.15, 0.2) is 41.4 Å². The van der Waals surface area contributed by atoms with Gasteiger partial charge in [0, 0.05) is 30.2 Å². The van der Waals surface area contributed by atoms with Gasteiger partial charge in [0.15, 0.2) is 35.1 Å². The molecule has 3 aromatic heterocycles. The number of aryl methyl sites for hydroxylation is 1. The number of nitrogens with one attached hydrogen (secondary N) is 3. The van der Waals surface area contributed by atoms with E-state index < -0.39 is 36.5 Å². The number of fused-ring (bicyclic) bond motifs is 1. The van der Waals surface area contributed by atoms with Gasteiger partial charge in [0.25, 0.3) is 5.91 Å². The zero-order valence-electron chi connectivity index (χ0n) is 21.2. The number of aliphatic hydroxyl groups is 1. The topological polar surface area (TPSA) is 199 Å². The molecule has 5 N–H and O–H groups in total. The molecule has 0 radical (unpaired) electrons. The third-order valence-corrected chi connectivity index (χ3v) is 6.45. The van der Waals surface area contributed by atoms with Crippen LogP contribution in [-0.2, 0) is 22.7 Å². The highest BCUT2D eigenvalue weighted by Gasteiger charge is 2.49. The molecule has 4 atom stereocenters. The van der Waals surface area contributed by atoms with Gasteiger partial charge < -0.3 is 40.2 Å². The summed E-state index contributed by atoms with van der Waals surface area (Å²) in [5.41, 5.74) is 2.13. The van der Waals surface area contributed by atoms with Gasteiger partial charge in [-0.3, -0.25) is 9.36 Å². The zero-order valence-corrected chi connectivity index (χ0v) is 22.0. The van der Waals surface area contributed by atoms with Crippen LogP contribution in [0.25, 0.3) is 11.2 Å². The van der Waals surface area contributed by atoms with Crippen LogP contribution in [0.4, 0.5) is 10.6 Å². The molecule has 0 saturated carbocycles. The Hall–Kier alpha value is -4.47. The second-order valence-electron chi connectivity index (χ2n) is 8.90. The molecule has 1 aliphatic rings. The molecular weight excluding hydrogens is 548 g/mol. The number of carboxylic acid groups (broad SMARTS) is 1. The van der Waals surface area contributed by atoms with Gasteiger partial charge in [-0.15, -0.1) is 0 Å². The van der Waals surface area contributed by atoms with Crippen molar-refractivity contribution in [3.8, 4) is 5.75 Å². The van der Waals surface area contributed by atoms with Crippen molar-refractivity contribution in [1.82, 2.24) is 35.3 Å². The molecule has 1 saturated heterocycles. The summed E-state index contributed by atoms with van der Waals surface area (Å²) < 4.78 is 18.3. The summed E-state index contributed by atoms with van der Waals surface area (Å²) in [6.45, 7) is 2.26. The fourth-order valence-corrected chi connectivity index (χ4v) is 4.57. The SMILES string of the molecule is CNC(=O)C1OC(n2cnc3c(NCc4cc(Cl)ccc4OCc4cc(C)no4)ncnc32)C(O)C1NC(=O)O. The van der Waals surface area contributed by atoms with Crippen LogP contribution < -0.4 is 20.7 Å². The number of carbonyl (C=O) groups excluding carboxylic acids is 1. The van der Waals surface area contributed by atoms with E-state index in [1.165, 1.54) is 24.3 Å². The average molecular weight is 573 g/mol. The number of rotatable bonds is 9. The van der Waals surface area contributed by atoms with Crippen molar-refractivity contribution in [2.75, 3.05) is 12.4 Å². The van der Waals surface area contributed by atoms with Crippen LogP contribution >= 0.6 is 11.6 Å². The lowest BCUT2D eigenvalue weighted by Crippen LogP contribution is -2.51. The van der Waals surface area contributed by atoms with Gasteiger partial charge in [0.2, 0.25) is 0 Å². The van der Waals surface area contributed by atoms with Crippen LogP contribution in [0.2, 0.25) is 5.02 Å². The molecule has 0 aliphatic carbocycles. The molecule has 1 fully saturated rings. The second kappa shape index (κ2) is 11.3. The minimum Gasteiger partial charge on any atom is -0.485 e. The van der Waals surface area contributed by atoms with E-state index in [1.54, 1.807) is 24.3 Å². The molecule has 16 heteroatoms. The molecular formula is C24H25ClN8O7. The lowest BCUT2D eigenvalue weighted by molar-refractivity contribution is -0.134. The number of halogens is 1. The number of likely N-dealkylation sites (N-methyl/N-ethyl adjacent to an activating group) is 1. The largest absolute Gasteiger partial charge is 0.485 e. The maximum absolute atomic E-state index is 12.3. The van der Waals surface area contributed by atoms with Crippen LogP contribution in [-0.4, -0.2) is 72.2 Å². The van der Waals surface area contributed by atoms with Crippen molar-refractivity contribution in [2.24, 2.45) is 0 Å². The summed E-state index contributed by atoms with van der Waals surface area (Å²) in [5.74, 6) is 0.919. The quantitative estimate of drug-likeness (QED) is 0.194. The Balaban J connectivity index is 1.36. The minimum absolute atomic E-state index is 0.177. The van der Waals surface area contributed by atoms with Crippen LogP contribution in [0.5, 0.6) is 5.75 Å². The molecule has 4 heterocycles. The van der Waals surface area contributed by atoms with E-state index in [4.69, 9.17) is 25.6 Å². The summed E-state index contributed by atoms with van der Waals surface area (Å²) in [7, 11) is 1.38. The van der Waals surface area contributed by atoms with E-state index >= 15 is 0 Å². The number of hydrogen-bond acceptors (Lipinski definition) is 11. The van der Waals surface area contributed by atoms with Crippen molar-refractivity contribution < 1.29 is 33.8 Å². The lowest BCUT2D eigenvalue weighted by atomic mass is 10.1. The number of amides is 2. The number of carbonyl (C=O) groups is 2. The van der Waals surface area contributed by atoms with Gasteiger partial charge in [-0.2, -0.15) is 0 Å². The summed E-state index contributed by atoms with van der Waals surface area (Å²) >= 11 is 6.23. The lowest BCUT2D eigenvalue weighted by Gasteiger charge is -2.19. The van der Waals surface area contributed by atoms with Gasteiger partial charge in [-0.25, -0.2) is 19.7 Å². The van der Waals surface area contributed by atoms with E-state index in [-0.39, 0.29) is 18.8 Å². The van der Waals surface area contributed by atoms with Gasteiger partial charge in [-0.1, -0.05) is 16.8 Å². The molecule has 4 unspecified atom stereocenters. The number of aromatic nitrogens is 5. The molecule has 2 amide bonds. The Morgan fingerprint density at radius 3 is 2.77 bits per heavy atom. The number of aliphatic hydroxyl groups excluding tert-OH is 1. The van der Waals surface area contributed by atoms with E-state index in [0.29, 0.717) is 27.9 Å². The number of ether oxygens (including phenoxy) is 2.